The van der Waals surface area contributed by atoms with Crippen LogP contribution in [0.15, 0.2) is 50.8 Å². The molecule has 2 aromatic rings. The van der Waals surface area contributed by atoms with E-state index in [0.717, 1.165) is 24.6 Å². The smallest absolute Gasteiger partial charge is 0.247 e. The summed E-state index contributed by atoms with van der Waals surface area (Å²) in [6.45, 7) is 1.38. The van der Waals surface area contributed by atoms with Crippen molar-refractivity contribution in [2.75, 3.05) is 18.4 Å². The molecule has 1 fully saturated rings. The van der Waals surface area contributed by atoms with Crippen molar-refractivity contribution in [3.05, 3.63) is 42.4 Å². The third kappa shape index (κ3) is 3.80. The van der Waals surface area contributed by atoms with E-state index >= 15 is 0 Å². The maximum atomic E-state index is 12.6. The minimum Gasteiger partial charge on any atom is -0.468 e. The van der Waals surface area contributed by atoms with Crippen molar-refractivity contribution in [1.29, 1.82) is 0 Å². The van der Waals surface area contributed by atoms with Crippen LogP contribution in [-0.2, 0) is 26.2 Å². The van der Waals surface area contributed by atoms with Gasteiger partial charge in [0, 0.05) is 18.0 Å². The molecule has 1 atom stereocenters. The minimum absolute atomic E-state index is 0.0277. The average molecular weight is 422 g/mol. The van der Waals surface area contributed by atoms with Gasteiger partial charge in [0.15, 0.2) is 5.25 Å². The molecule has 2 N–H and O–H groups in total. The molecule has 2 aliphatic rings. The molecule has 1 saturated heterocycles. The van der Waals surface area contributed by atoms with Gasteiger partial charge in [-0.25, -0.2) is 13.1 Å². The van der Waals surface area contributed by atoms with Crippen molar-refractivity contribution < 1.29 is 22.4 Å². The van der Waals surface area contributed by atoms with E-state index in [2.05, 4.69) is 10.0 Å². The summed E-state index contributed by atoms with van der Waals surface area (Å²) >= 11 is 1.16. The average Bonchev–Trinajstić information content (AvgIpc) is 3.38. The third-order valence-corrected chi connectivity index (χ3v) is 7.32. The van der Waals surface area contributed by atoms with E-state index in [4.69, 9.17) is 4.42 Å². The van der Waals surface area contributed by atoms with Crippen LogP contribution in [0.5, 0.6) is 0 Å². The van der Waals surface area contributed by atoms with Crippen molar-refractivity contribution in [3.63, 3.8) is 0 Å². The molecule has 4 rings (SSSR count). The zero-order valence-electron chi connectivity index (χ0n) is 14.9. The van der Waals surface area contributed by atoms with E-state index in [0.29, 0.717) is 29.4 Å². The van der Waals surface area contributed by atoms with Crippen LogP contribution in [0.1, 0.15) is 18.6 Å². The van der Waals surface area contributed by atoms with E-state index in [-0.39, 0.29) is 17.3 Å². The largest absolute Gasteiger partial charge is 0.468 e. The van der Waals surface area contributed by atoms with Crippen LogP contribution in [0, 0.1) is 0 Å². The van der Waals surface area contributed by atoms with Gasteiger partial charge in [-0.15, -0.1) is 11.8 Å². The molecule has 0 spiro atoms. The number of fused-ring (bicyclic) bond motifs is 1. The summed E-state index contributed by atoms with van der Waals surface area (Å²) in [7, 11) is -3.78. The summed E-state index contributed by atoms with van der Waals surface area (Å²) in [5.41, 5.74) is 0.390. The minimum atomic E-state index is -3.78. The lowest BCUT2D eigenvalue weighted by molar-refractivity contribution is -0.133. The Hall–Kier alpha value is -2.30. The Kier molecular flexibility index (Phi) is 5.17. The first-order valence-corrected chi connectivity index (χ1v) is 11.2. The van der Waals surface area contributed by atoms with Gasteiger partial charge in [-0.2, -0.15) is 0 Å². The standard InChI is InChI=1S/C18H19N3O5S2/c22-17-16(18(23)21-7-1-2-8-21)27-15-6-5-13(10-14(15)20-17)28(24,25)19-11-12-4-3-9-26-12/h3-6,9-10,16,19H,1-2,7-8,11H2,(H,20,22). The highest BCUT2D eigenvalue weighted by Crippen LogP contribution is 2.38. The second kappa shape index (κ2) is 7.61. The normalized spacial score (nSPS) is 19.4. The first kappa shape index (κ1) is 19.0. The van der Waals surface area contributed by atoms with Crippen molar-refractivity contribution in [2.45, 2.75) is 34.4 Å². The Balaban J connectivity index is 1.50. The molecule has 0 radical (unpaired) electrons. The van der Waals surface area contributed by atoms with Gasteiger partial charge in [0.2, 0.25) is 21.8 Å². The zero-order chi connectivity index (χ0) is 19.7. The number of thioether (sulfide) groups is 1. The molecule has 1 aromatic carbocycles. The highest BCUT2D eigenvalue weighted by atomic mass is 32.2. The number of amides is 2. The molecule has 0 saturated carbocycles. The summed E-state index contributed by atoms with van der Waals surface area (Å²) in [5, 5.41) is 1.84. The van der Waals surface area contributed by atoms with Gasteiger partial charge in [0.1, 0.15) is 5.76 Å². The van der Waals surface area contributed by atoms with Crippen molar-refractivity contribution >= 4 is 39.3 Å². The number of likely N-dealkylation sites (tertiary alicyclic amines) is 1. The van der Waals surface area contributed by atoms with E-state index in [1.54, 1.807) is 23.1 Å². The Labute approximate surface area is 166 Å². The zero-order valence-corrected chi connectivity index (χ0v) is 16.5. The van der Waals surface area contributed by atoms with Crippen molar-refractivity contribution in [2.24, 2.45) is 0 Å². The predicted molar refractivity (Wildman–Crippen MR) is 103 cm³/mol. The van der Waals surface area contributed by atoms with Crippen LogP contribution >= 0.6 is 11.8 Å². The second-order valence-corrected chi connectivity index (χ2v) is 9.50. The Morgan fingerprint density at radius 3 is 2.79 bits per heavy atom. The highest BCUT2D eigenvalue weighted by Gasteiger charge is 2.37. The van der Waals surface area contributed by atoms with Crippen molar-refractivity contribution in [1.82, 2.24) is 9.62 Å². The van der Waals surface area contributed by atoms with Crippen LogP contribution < -0.4 is 10.0 Å². The molecule has 2 aliphatic heterocycles. The van der Waals surface area contributed by atoms with Gasteiger partial charge >= 0.3 is 0 Å². The molecule has 28 heavy (non-hydrogen) atoms. The maximum Gasteiger partial charge on any atom is 0.247 e. The summed E-state index contributed by atoms with van der Waals surface area (Å²) in [6.07, 6.45) is 3.37. The predicted octanol–water partition coefficient (Wildman–Crippen LogP) is 1.79. The van der Waals surface area contributed by atoms with Crippen LogP contribution in [0.4, 0.5) is 5.69 Å². The van der Waals surface area contributed by atoms with Crippen LogP contribution in [0.3, 0.4) is 0 Å². The Bertz CT molecular complexity index is 998. The molecular formula is C18H19N3O5S2. The third-order valence-electron chi connectivity index (χ3n) is 4.66. The number of benzene rings is 1. The number of rotatable bonds is 5. The SMILES string of the molecule is O=C1Nc2cc(S(=O)(=O)NCc3ccco3)ccc2SC1C(=O)N1CCCC1. The van der Waals surface area contributed by atoms with Gasteiger partial charge in [0.25, 0.3) is 0 Å². The number of furan rings is 1. The molecule has 2 amide bonds. The van der Waals surface area contributed by atoms with Gasteiger partial charge in [0.05, 0.1) is 23.4 Å². The maximum absolute atomic E-state index is 12.6. The lowest BCUT2D eigenvalue weighted by atomic mass is 10.2. The molecule has 0 aliphatic carbocycles. The fourth-order valence-corrected chi connectivity index (χ4v) is 5.26. The van der Waals surface area contributed by atoms with E-state index in [9.17, 15) is 18.0 Å². The highest BCUT2D eigenvalue weighted by molar-refractivity contribution is 8.01. The van der Waals surface area contributed by atoms with Gasteiger partial charge < -0.3 is 14.6 Å². The first-order chi connectivity index (χ1) is 13.4. The van der Waals surface area contributed by atoms with E-state index in [1.807, 2.05) is 0 Å². The fourth-order valence-electron chi connectivity index (χ4n) is 3.18. The van der Waals surface area contributed by atoms with Crippen LogP contribution in [-0.4, -0.2) is 43.5 Å². The number of nitrogens with one attached hydrogen (secondary N) is 2. The Morgan fingerprint density at radius 1 is 1.29 bits per heavy atom. The Morgan fingerprint density at radius 2 is 2.07 bits per heavy atom. The van der Waals surface area contributed by atoms with Gasteiger partial charge in [-0.3, -0.25) is 9.59 Å². The molecule has 3 heterocycles. The number of hydrogen-bond donors (Lipinski definition) is 2. The lowest BCUT2D eigenvalue weighted by Crippen LogP contribution is -2.43. The number of hydrogen-bond acceptors (Lipinski definition) is 6. The number of carbonyl (C=O) groups excluding carboxylic acids is 2. The lowest BCUT2D eigenvalue weighted by Gasteiger charge is -2.27. The molecular weight excluding hydrogens is 402 g/mol. The fraction of sp³-hybridized carbons (Fsp3) is 0.333. The summed E-state index contributed by atoms with van der Waals surface area (Å²) < 4.78 is 32.6. The monoisotopic (exact) mass is 421 g/mol. The summed E-state index contributed by atoms with van der Waals surface area (Å²) in [4.78, 5) is 27.4. The van der Waals surface area contributed by atoms with E-state index in [1.165, 1.54) is 18.4 Å². The molecule has 148 valence electrons. The molecule has 1 unspecified atom stereocenters. The second-order valence-electron chi connectivity index (χ2n) is 6.58. The molecule has 10 heteroatoms. The summed E-state index contributed by atoms with van der Waals surface area (Å²) in [6, 6.07) is 7.83. The number of anilines is 1. The van der Waals surface area contributed by atoms with Crippen LogP contribution in [0.25, 0.3) is 0 Å². The molecule has 0 bridgehead atoms. The van der Waals surface area contributed by atoms with Gasteiger partial charge in [-0.1, -0.05) is 0 Å². The topological polar surface area (TPSA) is 109 Å². The number of nitrogens with zero attached hydrogens (tertiary/aromatic N) is 1. The summed E-state index contributed by atoms with van der Waals surface area (Å²) in [5.74, 6) is -0.122. The van der Waals surface area contributed by atoms with Crippen molar-refractivity contribution in [3.8, 4) is 0 Å². The van der Waals surface area contributed by atoms with E-state index < -0.39 is 21.2 Å². The van der Waals surface area contributed by atoms with Gasteiger partial charge in [-0.05, 0) is 43.2 Å². The molecule has 8 nitrogen and oxygen atoms in total. The van der Waals surface area contributed by atoms with Crippen LogP contribution in [0.2, 0.25) is 0 Å². The number of carbonyl (C=O) groups is 2. The molecule has 1 aromatic heterocycles. The quantitative estimate of drug-likeness (QED) is 0.713. The first-order valence-electron chi connectivity index (χ1n) is 8.86. The number of sulfonamides is 1.